The number of nitrogens with one attached hydrogen (secondary N) is 1. The minimum absolute atomic E-state index is 0.0342. The van der Waals surface area contributed by atoms with Gasteiger partial charge in [0.1, 0.15) is 0 Å². The van der Waals surface area contributed by atoms with Crippen molar-refractivity contribution in [1.82, 2.24) is 5.32 Å². The van der Waals surface area contributed by atoms with Gasteiger partial charge in [-0.2, -0.15) is 18.4 Å². The van der Waals surface area contributed by atoms with E-state index in [9.17, 15) is 18.0 Å². The number of likely N-dealkylation sites (N-methyl/N-ethyl adjacent to an activating group) is 2. The van der Waals surface area contributed by atoms with Crippen LogP contribution in [0.25, 0.3) is 0 Å². The van der Waals surface area contributed by atoms with Gasteiger partial charge in [0.15, 0.2) is 0 Å². The molecule has 1 aromatic rings. The summed E-state index contributed by atoms with van der Waals surface area (Å²) in [5.74, 6) is -0.266. The van der Waals surface area contributed by atoms with E-state index in [4.69, 9.17) is 5.26 Å². The molecule has 0 saturated heterocycles. The molecule has 1 amide bonds. The molecule has 21 heavy (non-hydrogen) atoms. The zero-order valence-electron chi connectivity index (χ0n) is 11.8. The maximum Gasteiger partial charge on any atom is 0.417 e. The van der Waals surface area contributed by atoms with E-state index in [0.717, 1.165) is 12.1 Å². The van der Waals surface area contributed by atoms with Crippen LogP contribution in [0, 0.1) is 11.3 Å². The van der Waals surface area contributed by atoms with Crippen molar-refractivity contribution in [2.24, 2.45) is 0 Å². The second-order valence-electron chi connectivity index (χ2n) is 4.31. The molecule has 1 aromatic carbocycles. The van der Waals surface area contributed by atoms with Crippen molar-refractivity contribution in [3.05, 3.63) is 29.3 Å². The SMILES string of the molecule is CCNC(=O)CN(CC)c1ccc(C#N)c(C(F)(F)F)c1. The summed E-state index contributed by atoms with van der Waals surface area (Å²) in [4.78, 5) is 13.1. The fourth-order valence-electron chi connectivity index (χ4n) is 1.87. The average Bonchev–Trinajstić information content (AvgIpc) is 2.43. The van der Waals surface area contributed by atoms with Crippen LogP contribution >= 0.6 is 0 Å². The molecule has 0 unspecified atom stereocenters. The van der Waals surface area contributed by atoms with Gasteiger partial charge >= 0.3 is 6.18 Å². The summed E-state index contributed by atoms with van der Waals surface area (Å²) < 4.78 is 38.8. The Kier molecular flexibility index (Phi) is 5.59. The molecular formula is C14H16F3N3O. The summed E-state index contributed by atoms with van der Waals surface area (Å²) in [5, 5.41) is 11.3. The van der Waals surface area contributed by atoms with Crippen molar-refractivity contribution in [1.29, 1.82) is 5.26 Å². The summed E-state index contributed by atoms with van der Waals surface area (Å²) >= 11 is 0. The Bertz CT molecular complexity index is 549. The number of anilines is 1. The van der Waals surface area contributed by atoms with Gasteiger partial charge in [-0.25, -0.2) is 0 Å². The zero-order valence-corrected chi connectivity index (χ0v) is 11.8. The van der Waals surface area contributed by atoms with Gasteiger partial charge in [0, 0.05) is 18.8 Å². The Morgan fingerprint density at radius 3 is 2.52 bits per heavy atom. The topological polar surface area (TPSA) is 56.1 Å². The monoisotopic (exact) mass is 299 g/mol. The normalized spacial score (nSPS) is 10.9. The maximum absolute atomic E-state index is 12.9. The van der Waals surface area contributed by atoms with Crippen molar-refractivity contribution in [2.75, 3.05) is 24.5 Å². The van der Waals surface area contributed by atoms with Crippen molar-refractivity contribution in [3.63, 3.8) is 0 Å². The molecule has 0 aliphatic rings. The van der Waals surface area contributed by atoms with Gasteiger partial charge in [0.25, 0.3) is 0 Å². The van der Waals surface area contributed by atoms with E-state index in [1.807, 2.05) is 0 Å². The van der Waals surface area contributed by atoms with Crippen LogP contribution in [-0.4, -0.2) is 25.5 Å². The summed E-state index contributed by atoms with van der Waals surface area (Å²) in [5.41, 5.74) is -1.16. The first kappa shape index (κ1) is 16.8. The highest BCUT2D eigenvalue weighted by atomic mass is 19.4. The van der Waals surface area contributed by atoms with Crippen LogP contribution in [0.3, 0.4) is 0 Å². The van der Waals surface area contributed by atoms with E-state index in [1.54, 1.807) is 13.8 Å². The summed E-state index contributed by atoms with van der Waals surface area (Å²) in [7, 11) is 0. The summed E-state index contributed by atoms with van der Waals surface area (Å²) in [6.07, 6.45) is -4.60. The lowest BCUT2D eigenvalue weighted by atomic mass is 10.1. The van der Waals surface area contributed by atoms with Gasteiger partial charge in [-0.1, -0.05) is 0 Å². The Labute approximate surface area is 121 Å². The summed E-state index contributed by atoms with van der Waals surface area (Å²) in [6.45, 7) is 4.30. The van der Waals surface area contributed by atoms with Crippen molar-refractivity contribution in [3.8, 4) is 6.07 Å². The number of carbonyl (C=O) groups excluding carboxylic acids is 1. The molecular weight excluding hydrogens is 283 g/mol. The van der Waals surface area contributed by atoms with E-state index in [1.165, 1.54) is 17.0 Å². The van der Waals surface area contributed by atoms with Crippen LogP contribution in [0.1, 0.15) is 25.0 Å². The number of hydrogen-bond acceptors (Lipinski definition) is 3. The Morgan fingerprint density at radius 2 is 2.05 bits per heavy atom. The van der Waals surface area contributed by atoms with E-state index in [-0.39, 0.29) is 18.1 Å². The van der Waals surface area contributed by atoms with Crippen molar-refractivity contribution in [2.45, 2.75) is 20.0 Å². The highest BCUT2D eigenvalue weighted by Crippen LogP contribution is 2.34. The van der Waals surface area contributed by atoms with Crippen LogP contribution in [-0.2, 0) is 11.0 Å². The zero-order chi connectivity index (χ0) is 16.0. The lowest BCUT2D eigenvalue weighted by molar-refractivity contribution is -0.137. The first-order chi connectivity index (χ1) is 9.83. The number of benzene rings is 1. The molecule has 0 heterocycles. The van der Waals surface area contributed by atoms with E-state index in [2.05, 4.69) is 5.32 Å². The molecule has 0 fully saturated rings. The number of rotatable bonds is 5. The number of alkyl halides is 3. The van der Waals surface area contributed by atoms with Crippen LogP contribution in [0.2, 0.25) is 0 Å². The van der Waals surface area contributed by atoms with Crippen molar-refractivity contribution >= 4 is 11.6 Å². The fourth-order valence-corrected chi connectivity index (χ4v) is 1.87. The van der Waals surface area contributed by atoms with Gasteiger partial charge in [0.05, 0.1) is 23.7 Å². The molecule has 0 aliphatic heterocycles. The van der Waals surface area contributed by atoms with Gasteiger partial charge in [-0.3, -0.25) is 4.79 Å². The van der Waals surface area contributed by atoms with Crippen molar-refractivity contribution < 1.29 is 18.0 Å². The fraction of sp³-hybridized carbons (Fsp3) is 0.429. The minimum atomic E-state index is -4.60. The van der Waals surface area contributed by atoms with Crippen LogP contribution in [0.4, 0.5) is 18.9 Å². The van der Waals surface area contributed by atoms with Gasteiger partial charge < -0.3 is 10.2 Å². The largest absolute Gasteiger partial charge is 0.417 e. The van der Waals surface area contributed by atoms with Gasteiger partial charge in [-0.05, 0) is 32.0 Å². The predicted octanol–water partition coefficient (Wildman–Crippen LogP) is 2.54. The summed E-state index contributed by atoms with van der Waals surface area (Å²) in [6, 6.07) is 4.97. The second kappa shape index (κ2) is 6.97. The molecule has 0 aliphatic carbocycles. The molecule has 0 saturated carbocycles. The number of hydrogen-bond donors (Lipinski definition) is 1. The third-order valence-corrected chi connectivity index (χ3v) is 2.88. The molecule has 4 nitrogen and oxygen atoms in total. The van der Waals surface area contributed by atoms with Gasteiger partial charge in [0.2, 0.25) is 5.91 Å². The molecule has 114 valence electrons. The lowest BCUT2D eigenvalue weighted by Gasteiger charge is -2.23. The maximum atomic E-state index is 12.9. The third-order valence-electron chi connectivity index (χ3n) is 2.88. The molecule has 0 aromatic heterocycles. The molecule has 1 N–H and O–H groups in total. The molecule has 7 heteroatoms. The van der Waals surface area contributed by atoms with Crippen LogP contribution in [0.5, 0.6) is 0 Å². The first-order valence-electron chi connectivity index (χ1n) is 6.46. The predicted molar refractivity (Wildman–Crippen MR) is 72.7 cm³/mol. The Morgan fingerprint density at radius 1 is 1.38 bits per heavy atom. The quantitative estimate of drug-likeness (QED) is 0.909. The number of amides is 1. The van der Waals surface area contributed by atoms with E-state index >= 15 is 0 Å². The number of nitriles is 1. The smallest absolute Gasteiger partial charge is 0.362 e. The van der Waals surface area contributed by atoms with E-state index < -0.39 is 17.3 Å². The molecule has 0 atom stereocenters. The molecule has 1 rings (SSSR count). The average molecular weight is 299 g/mol. The number of halogens is 3. The lowest BCUT2D eigenvalue weighted by Crippen LogP contribution is -2.37. The van der Waals surface area contributed by atoms with E-state index in [0.29, 0.717) is 13.1 Å². The molecule has 0 radical (unpaired) electrons. The molecule has 0 spiro atoms. The number of carbonyl (C=O) groups is 1. The van der Waals surface area contributed by atoms with Crippen LogP contribution < -0.4 is 10.2 Å². The number of nitrogens with zero attached hydrogens (tertiary/aromatic N) is 2. The highest BCUT2D eigenvalue weighted by molar-refractivity contribution is 5.81. The second-order valence-corrected chi connectivity index (χ2v) is 4.31. The Hall–Kier alpha value is -2.23. The van der Waals surface area contributed by atoms with Gasteiger partial charge in [-0.15, -0.1) is 0 Å². The van der Waals surface area contributed by atoms with Crippen LogP contribution in [0.15, 0.2) is 18.2 Å². The third kappa shape index (κ3) is 4.38. The first-order valence-corrected chi connectivity index (χ1v) is 6.46. The minimum Gasteiger partial charge on any atom is -0.362 e. The standard InChI is InChI=1S/C14H16F3N3O/c1-3-19-13(21)9-20(4-2)11-6-5-10(8-18)12(7-11)14(15,16)17/h5-7H,3-4,9H2,1-2H3,(H,19,21). The molecule has 0 bridgehead atoms. The Balaban J connectivity index is 3.12. The highest BCUT2D eigenvalue weighted by Gasteiger charge is 2.34.